The number of imidazole rings is 1. The Hall–Kier alpha value is -2.93. The van der Waals surface area contributed by atoms with E-state index in [1.54, 1.807) is 0 Å². The molecule has 1 aliphatic heterocycles. The first-order valence-corrected chi connectivity index (χ1v) is 9.64. The summed E-state index contributed by atoms with van der Waals surface area (Å²) in [6.45, 7) is 7.13. The highest BCUT2D eigenvalue weighted by molar-refractivity contribution is 6.00. The second kappa shape index (κ2) is 7.59. The Balaban J connectivity index is 1.44. The van der Waals surface area contributed by atoms with Crippen LogP contribution in [0.2, 0.25) is 0 Å². The maximum Gasteiger partial charge on any atom is 0.321 e. The first-order valence-electron chi connectivity index (χ1n) is 9.64. The first kappa shape index (κ1) is 18.4. The molecule has 7 heteroatoms. The van der Waals surface area contributed by atoms with Crippen molar-refractivity contribution in [2.75, 3.05) is 25.0 Å². The summed E-state index contributed by atoms with van der Waals surface area (Å²) in [5.41, 5.74) is 2.60. The van der Waals surface area contributed by atoms with Crippen LogP contribution in [0.4, 0.5) is 10.5 Å². The number of rotatable bonds is 3. The van der Waals surface area contributed by atoms with E-state index in [0.29, 0.717) is 13.1 Å². The molecular weight excluding hydrogens is 352 g/mol. The van der Waals surface area contributed by atoms with E-state index in [2.05, 4.69) is 27.1 Å². The fourth-order valence-corrected chi connectivity index (χ4v) is 3.75. The number of hydrogen-bond donors (Lipinski definition) is 1. The molecule has 3 aromatic rings. The average Bonchev–Trinajstić information content (AvgIpc) is 3.08. The summed E-state index contributed by atoms with van der Waals surface area (Å²) in [5, 5.41) is 4.06. The van der Waals surface area contributed by atoms with Crippen molar-refractivity contribution in [3.8, 4) is 0 Å². The highest BCUT2D eigenvalue weighted by Gasteiger charge is 2.27. The molecule has 3 heterocycles. The van der Waals surface area contributed by atoms with Gasteiger partial charge in [-0.25, -0.2) is 9.78 Å². The zero-order valence-electron chi connectivity index (χ0n) is 16.6. The molecule has 1 atom stereocenters. The Bertz CT molecular complexity index is 997. The van der Waals surface area contributed by atoms with E-state index in [4.69, 9.17) is 0 Å². The van der Waals surface area contributed by atoms with Crippen LogP contribution < -0.4 is 5.32 Å². The first-order chi connectivity index (χ1) is 13.5. The maximum absolute atomic E-state index is 12.9. The van der Waals surface area contributed by atoms with Gasteiger partial charge in [0.1, 0.15) is 5.82 Å². The van der Waals surface area contributed by atoms with E-state index >= 15 is 0 Å². The number of anilines is 1. The van der Waals surface area contributed by atoms with E-state index in [-0.39, 0.29) is 12.1 Å². The number of hydrogen-bond acceptors (Lipinski definition) is 4. The van der Waals surface area contributed by atoms with Gasteiger partial charge in [-0.2, -0.15) is 0 Å². The molecule has 0 spiro atoms. The normalized spacial score (nSPS) is 17.8. The van der Waals surface area contributed by atoms with Crippen molar-refractivity contribution in [3.05, 3.63) is 54.2 Å². The number of para-hydroxylation sites is 1. The molecule has 1 fully saturated rings. The quantitative estimate of drug-likeness (QED) is 0.761. The summed E-state index contributed by atoms with van der Waals surface area (Å²) in [6, 6.07) is 10.0. The minimum Gasteiger partial charge on any atom is -0.337 e. The predicted molar refractivity (Wildman–Crippen MR) is 110 cm³/mol. The van der Waals surface area contributed by atoms with Crippen LogP contribution in [0.5, 0.6) is 0 Å². The van der Waals surface area contributed by atoms with Gasteiger partial charge in [-0.3, -0.25) is 9.88 Å². The van der Waals surface area contributed by atoms with Gasteiger partial charge < -0.3 is 14.8 Å². The number of aromatic nitrogens is 3. The van der Waals surface area contributed by atoms with Crippen LogP contribution in [-0.2, 0) is 13.6 Å². The standard InChI is InChI=1S/C21H26N6O/c1-15-12-19(17-6-4-5-7-18(17)23-15)24-21(28)27-11-10-26(16(2)13-27)14-20-22-8-9-25(20)3/h4-9,12,16H,10-11,13-14H2,1-3H3,(H,23,24,28). The second-order valence-electron chi connectivity index (χ2n) is 7.48. The molecule has 7 nitrogen and oxygen atoms in total. The summed E-state index contributed by atoms with van der Waals surface area (Å²) in [5.74, 6) is 1.04. The lowest BCUT2D eigenvalue weighted by Gasteiger charge is -2.39. The summed E-state index contributed by atoms with van der Waals surface area (Å²) in [6.07, 6.45) is 3.79. The molecule has 0 saturated carbocycles. The lowest BCUT2D eigenvalue weighted by molar-refractivity contribution is 0.0946. The molecule has 2 amide bonds. The van der Waals surface area contributed by atoms with E-state index < -0.39 is 0 Å². The van der Waals surface area contributed by atoms with Gasteiger partial charge in [0.2, 0.25) is 0 Å². The monoisotopic (exact) mass is 378 g/mol. The van der Waals surface area contributed by atoms with Crippen LogP contribution in [0.1, 0.15) is 18.4 Å². The SMILES string of the molecule is Cc1cc(NC(=O)N2CCN(Cc3nccn3C)C(C)C2)c2ccccc2n1. The van der Waals surface area contributed by atoms with Crippen molar-refractivity contribution < 1.29 is 4.79 Å². The van der Waals surface area contributed by atoms with Crippen molar-refractivity contribution >= 4 is 22.6 Å². The number of nitrogens with zero attached hydrogens (tertiary/aromatic N) is 5. The number of urea groups is 1. The largest absolute Gasteiger partial charge is 0.337 e. The van der Waals surface area contributed by atoms with Crippen LogP contribution >= 0.6 is 0 Å². The number of nitrogens with one attached hydrogen (secondary N) is 1. The number of carbonyl (C=O) groups is 1. The number of benzene rings is 1. The Morgan fingerprint density at radius 1 is 1.29 bits per heavy atom. The molecular formula is C21H26N6O. The molecule has 146 valence electrons. The van der Waals surface area contributed by atoms with Crippen LogP contribution in [0.3, 0.4) is 0 Å². The smallest absolute Gasteiger partial charge is 0.321 e. The number of fused-ring (bicyclic) bond motifs is 1. The lowest BCUT2D eigenvalue weighted by Crippen LogP contribution is -2.54. The minimum atomic E-state index is -0.0563. The van der Waals surface area contributed by atoms with Crippen molar-refractivity contribution in [2.24, 2.45) is 7.05 Å². The molecule has 0 radical (unpaired) electrons. The molecule has 0 bridgehead atoms. The van der Waals surface area contributed by atoms with Gasteiger partial charge in [0, 0.05) is 56.2 Å². The Morgan fingerprint density at radius 2 is 2.11 bits per heavy atom. The Kier molecular flexibility index (Phi) is 5.00. The van der Waals surface area contributed by atoms with Crippen LogP contribution in [-0.4, -0.2) is 56.0 Å². The molecule has 1 aliphatic rings. The van der Waals surface area contributed by atoms with Gasteiger partial charge in [0.15, 0.2) is 0 Å². The fraction of sp³-hybridized carbons (Fsp3) is 0.381. The van der Waals surface area contributed by atoms with Gasteiger partial charge >= 0.3 is 6.03 Å². The van der Waals surface area contributed by atoms with Crippen molar-refractivity contribution in [2.45, 2.75) is 26.4 Å². The minimum absolute atomic E-state index is 0.0563. The van der Waals surface area contributed by atoms with Gasteiger partial charge in [0.25, 0.3) is 0 Å². The zero-order valence-corrected chi connectivity index (χ0v) is 16.6. The van der Waals surface area contributed by atoms with E-state index in [1.807, 2.05) is 66.2 Å². The number of carbonyl (C=O) groups excluding carboxylic acids is 1. The van der Waals surface area contributed by atoms with Crippen LogP contribution in [0, 0.1) is 6.92 Å². The van der Waals surface area contributed by atoms with Gasteiger partial charge in [0.05, 0.1) is 17.7 Å². The fourth-order valence-electron chi connectivity index (χ4n) is 3.75. The zero-order chi connectivity index (χ0) is 19.7. The molecule has 1 aromatic carbocycles. The third-order valence-electron chi connectivity index (χ3n) is 5.40. The number of pyridine rings is 1. The number of aryl methyl sites for hydroxylation is 2. The Morgan fingerprint density at radius 3 is 2.86 bits per heavy atom. The molecule has 28 heavy (non-hydrogen) atoms. The van der Waals surface area contributed by atoms with Gasteiger partial charge in [-0.1, -0.05) is 18.2 Å². The average molecular weight is 378 g/mol. The molecule has 2 aromatic heterocycles. The second-order valence-corrected chi connectivity index (χ2v) is 7.48. The van der Waals surface area contributed by atoms with Crippen molar-refractivity contribution in [3.63, 3.8) is 0 Å². The molecule has 1 unspecified atom stereocenters. The molecule has 0 aliphatic carbocycles. The van der Waals surface area contributed by atoms with Crippen molar-refractivity contribution in [1.82, 2.24) is 24.3 Å². The summed E-state index contributed by atoms with van der Waals surface area (Å²) in [7, 11) is 2.01. The third-order valence-corrected chi connectivity index (χ3v) is 5.40. The maximum atomic E-state index is 12.9. The predicted octanol–water partition coefficient (Wildman–Crippen LogP) is 3.01. The highest BCUT2D eigenvalue weighted by Crippen LogP contribution is 2.23. The summed E-state index contributed by atoms with van der Waals surface area (Å²) >= 11 is 0. The molecule has 1 N–H and O–H groups in total. The number of piperazine rings is 1. The van der Waals surface area contributed by atoms with Crippen molar-refractivity contribution in [1.29, 1.82) is 0 Å². The van der Waals surface area contributed by atoms with Crippen LogP contribution in [0.25, 0.3) is 10.9 Å². The molecule has 1 saturated heterocycles. The van der Waals surface area contributed by atoms with E-state index in [0.717, 1.165) is 41.2 Å². The van der Waals surface area contributed by atoms with E-state index in [9.17, 15) is 4.79 Å². The van der Waals surface area contributed by atoms with Gasteiger partial charge in [-0.05, 0) is 26.0 Å². The third kappa shape index (κ3) is 3.71. The topological polar surface area (TPSA) is 66.3 Å². The highest BCUT2D eigenvalue weighted by atomic mass is 16.2. The summed E-state index contributed by atoms with van der Waals surface area (Å²) in [4.78, 5) is 26.1. The number of amides is 2. The lowest BCUT2D eigenvalue weighted by atomic mass is 10.1. The van der Waals surface area contributed by atoms with Crippen LogP contribution in [0.15, 0.2) is 42.7 Å². The van der Waals surface area contributed by atoms with Gasteiger partial charge in [-0.15, -0.1) is 0 Å². The Labute approximate surface area is 165 Å². The van der Waals surface area contributed by atoms with E-state index in [1.165, 1.54) is 0 Å². The molecule has 4 rings (SSSR count). The summed E-state index contributed by atoms with van der Waals surface area (Å²) < 4.78 is 2.04.